The van der Waals surface area contributed by atoms with E-state index in [0.29, 0.717) is 24.4 Å². The Morgan fingerprint density at radius 3 is 2.30 bits per heavy atom. The highest BCUT2D eigenvalue weighted by Crippen LogP contribution is 2.61. The van der Waals surface area contributed by atoms with E-state index in [2.05, 4.69) is 4.90 Å². The van der Waals surface area contributed by atoms with Crippen LogP contribution in [0.3, 0.4) is 0 Å². The number of ether oxygens (including phenoxy) is 2. The zero-order valence-corrected chi connectivity index (χ0v) is 18.8. The fraction of sp³-hybridized carbons (Fsp3) is 0.435. The molecule has 30 heavy (non-hydrogen) atoms. The van der Waals surface area contributed by atoms with Crippen LogP contribution in [0.25, 0.3) is 0 Å². The highest BCUT2D eigenvalue weighted by Gasteiger charge is 2.52. The first-order valence-corrected chi connectivity index (χ1v) is 11.7. The Hall–Kier alpha value is -2.06. The summed E-state index contributed by atoms with van der Waals surface area (Å²) in [5.41, 5.74) is 1.31. The van der Waals surface area contributed by atoms with Gasteiger partial charge in [0.25, 0.3) is 0 Å². The Morgan fingerprint density at radius 1 is 1.10 bits per heavy atom. The van der Waals surface area contributed by atoms with Crippen LogP contribution in [-0.2, 0) is 21.0 Å². The summed E-state index contributed by atoms with van der Waals surface area (Å²) in [6.45, 7) is 8.51. The lowest BCUT2D eigenvalue weighted by Gasteiger charge is -2.55. The van der Waals surface area contributed by atoms with Gasteiger partial charge in [0.05, 0.1) is 12.3 Å². The Bertz CT molecular complexity index is 863. The molecule has 1 aliphatic heterocycles. The van der Waals surface area contributed by atoms with E-state index in [0.717, 1.165) is 5.56 Å². The molecule has 2 aromatic carbocycles. The fourth-order valence-electron chi connectivity index (χ4n) is 3.68. The minimum absolute atomic E-state index is 0.132. The van der Waals surface area contributed by atoms with E-state index in [-0.39, 0.29) is 17.9 Å². The number of rotatable bonds is 5. The van der Waals surface area contributed by atoms with Crippen molar-refractivity contribution in [2.24, 2.45) is 0 Å². The molecular formula is C23H31NO5S. The number of hydrogen-bond acceptors (Lipinski definition) is 6. The molecule has 1 atom stereocenters. The van der Waals surface area contributed by atoms with E-state index in [1.165, 1.54) is 6.92 Å². The summed E-state index contributed by atoms with van der Waals surface area (Å²) in [5.74, 6) is 0.247. The highest BCUT2D eigenvalue weighted by atomic mass is 32.3. The van der Waals surface area contributed by atoms with Gasteiger partial charge in [0, 0.05) is 25.6 Å². The van der Waals surface area contributed by atoms with Crippen molar-refractivity contribution in [1.82, 2.24) is 4.90 Å². The van der Waals surface area contributed by atoms with Gasteiger partial charge < -0.3 is 9.47 Å². The monoisotopic (exact) mass is 433 g/mol. The normalized spacial score (nSPS) is 22.9. The molecule has 0 radical (unpaired) electrons. The van der Waals surface area contributed by atoms with E-state index in [4.69, 9.17) is 9.47 Å². The van der Waals surface area contributed by atoms with Crippen molar-refractivity contribution >= 4 is 16.6 Å². The van der Waals surface area contributed by atoms with Crippen molar-refractivity contribution in [2.45, 2.75) is 44.8 Å². The van der Waals surface area contributed by atoms with Gasteiger partial charge in [-0.05, 0) is 50.6 Å². The average molecular weight is 434 g/mol. The molecule has 0 amide bonds. The average Bonchev–Trinajstić information content (AvgIpc) is 2.64. The number of carbonyl (C=O) groups is 1. The van der Waals surface area contributed by atoms with E-state index in [9.17, 15) is 13.9 Å². The van der Waals surface area contributed by atoms with Gasteiger partial charge in [0.2, 0.25) is 4.93 Å². The lowest BCUT2D eigenvalue weighted by atomic mass is 10.1. The predicted molar refractivity (Wildman–Crippen MR) is 120 cm³/mol. The summed E-state index contributed by atoms with van der Waals surface area (Å²) in [6, 6.07) is 17.0. The molecule has 0 spiro atoms. The molecule has 1 unspecified atom stereocenters. The van der Waals surface area contributed by atoms with Gasteiger partial charge in [-0.15, -0.1) is 0 Å². The molecular weight excluding hydrogens is 402 g/mol. The second-order valence-corrected chi connectivity index (χ2v) is 11.1. The molecule has 6 nitrogen and oxygen atoms in total. The molecule has 2 aromatic rings. The van der Waals surface area contributed by atoms with E-state index >= 15 is 0 Å². The minimum Gasteiger partial charge on any atom is -0.488 e. The summed E-state index contributed by atoms with van der Waals surface area (Å²) in [4.78, 5) is 12.6. The Labute approximate surface area is 180 Å². The van der Waals surface area contributed by atoms with Crippen molar-refractivity contribution in [1.29, 1.82) is 0 Å². The van der Waals surface area contributed by atoms with Gasteiger partial charge in [-0.2, -0.15) is 10.6 Å². The quantitative estimate of drug-likeness (QED) is 0.657. The molecule has 1 heterocycles. The molecule has 164 valence electrons. The van der Waals surface area contributed by atoms with Gasteiger partial charge >= 0.3 is 5.97 Å². The number of hydrogen-bond donors (Lipinski definition) is 2. The first-order chi connectivity index (χ1) is 14.0. The molecule has 7 heteroatoms. The highest BCUT2D eigenvalue weighted by molar-refractivity contribution is 8.25. The second kappa shape index (κ2) is 8.59. The summed E-state index contributed by atoms with van der Waals surface area (Å²) in [7, 11) is -3.23. The van der Waals surface area contributed by atoms with Crippen LogP contribution in [0, 0.1) is 0 Å². The van der Waals surface area contributed by atoms with Crippen molar-refractivity contribution in [3.8, 4) is 5.75 Å². The van der Waals surface area contributed by atoms with Gasteiger partial charge in [-0.3, -0.25) is 18.8 Å². The van der Waals surface area contributed by atoms with Crippen LogP contribution >= 0.6 is 10.6 Å². The number of carbonyl (C=O) groups excluding carboxylic acids is 1. The Kier molecular flexibility index (Phi) is 6.48. The van der Waals surface area contributed by atoms with E-state index < -0.39 is 21.5 Å². The van der Waals surface area contributed by atoms with Crippen LogP contribution in [0.5, 0.6) is 5.75 Å². The lowest BCUT2D eigenvalue weighted by Crippen LogP contribution is -2.53. The van der Waals surface area contributed by atoms with Crippen LogP contribution in [0.2, 0.25) is 0 Å². The summed E-state index contributed by atoms with van der Waals surface area (Å²) in [6.07, 6.45) is 0. The lowest BCUT2D eigenvalue weighted by molar-refractivity contribution is -0.153. The first-order valence-electron chi connectivity index (χ1n) is 10.0. The second-order valence-electron chi connectivity index (χ2n) is 8.65. The molecule has 1 saturated heterocycles. The third-order valence-corrected chi connectivity index (χ3v) is 7.18. The molecule has 0 bridgehead atoms. The fourth-order valence-corrected chi connectivity index (χ4v) is 5.67. The molecule has 1 aliphatic rings. The van der Waals surface area contributed by atoms with Gasteiger partial charge in [0.15, 0.2) is 0 Å². The zero-order chi connectivity index (χ0) is 22.0. The van der Waals surface area contributed by atoms with Crippen molar-refractivity contribution < 1.29 is 23.4 Å². The molecule has 1 fully saturated rings. The molecule has 0 aliphatic carbocycles. The number of benzene rings is 2. The molecule has 0 saturated carbocycles. The summed E-state index contributed by atoms with van der Waals surface area (Å²) < 4.78 is 33.6. The maximum Gasteiger partial charge on any atom is 0.304 e. The minimum atomic E-state index is -3.23. The maximum atomic E-state index is 12.0. The predicted octanol–water partition coefficient (Wildman–Crippen LogP) is 4.85. The topological polar surface area (TPSA) is 79.2 Å². The zero-order valence-electron chi connectivity index (χ0n) is 18.0. The summed E-state index contributed by atoms with van der Waals surface area (Å²) >= 11 is 0. The van der Waals surface area contributed by atoms with Gasteiger partial charge in [-0.25, -0.2) is 0 Å². The van der Waals surface area contributed by atoms with Crippen LogP contribution in [0.15, 0.2) is 54.6 Å². The van der Waals surface area contributed by atoms with Crippen LogP contribution < -0.4 is 4.74 Å². The van der Waals surface area contributed by atoms with E-state index in [1.54, 1.807) is 24.3 Å². The van der Waals surface area contributed by atoms with E-state index in [1.807, 2.05) is 51.1 Å². The molecule has 0 aromatic heterocycles. The largest absolute Gasteiger partial charge is 0.488 e. The van der Waals surface area contributed by atoms with Crippen LogP contribution in [0.4, 0.5) is 0 Å². The molecule has 3 rings (SSSR count). The van der Waals surface area contributed by atoms with Gasteiger partial charge in [-0.1, -0.05) is 30.3 Å². The molecule has 2 N–H and O–H groups in total. The van der Waals surface area contributed by atoms with Crippen LogP contribution in [0.1, 0.15) is 38.8 Å². The van der Waals surface area contributed by atoms with Gasteiger partial charge in [0.1, 0.15) is 11.4 Å². The smallest absolute Gasteiger partial charge is 0.304 e. The third kappa shape index (κ3) is 5.16. The first kappa shape index (κ1) is 22.6. The maximum absolute atomic E-state index is 12.0. The Morgan fingerprint density at radius 2 is 1.73 bits per heavy atom. The van der Waals surface area contributed by atoms with Crippen molar-refractivity contribution in [3.63, 3.8) is 0 Å². The summed E-state index contributed by atoms with van der Waals surface area (Å²) in [5, 5.41) is 0. The SMILES string of the molecule is CC(=O)OC1(c2ccc(OC(C)(C)C)cc2)CN(Cc2ccccc2)CCS1(O)O. The standard InChI is InChI=1S/C23H31NO5S/c1-18(25)28-23(20-10-12-21(13-11-20)29-22(2,3)4)17-24(14-15-30(23,26)27)16-19-8-6-5-7-9-19/h5-13,26-27H,14-17H2,1-4H3. The van der Waals surface area contributed by atoms with Crippen molar-refractivity contribution in [3.05, 3.63) is 65.7 Å². The van der Waals surface area contributed by atoms with Crippen molar-refractivity contribution in [2.75, 3.05) is 18.8 Å². The van der Waals surface area contributed by atoms with Crippen LogP contribution in [-0.4, -0.2) is 44.4 Å². The number of nitrogens with zero attached hydrogens (tertiary/aromatic N) is 1. The number of esters is 1. The third-order valence-electron chi connectivity index (χ3n) is 4.93. The Balaban J connectivity index is 1.94.